The number of carbonyl (C=O) groups excluding carboxylic acids is 4. The van der Waals surface area contributed by atoms with Crippen LogP contribution in [0.4, 0.5) is 29.0 Å². The highest BCUT2D eigenvalue weighted by Gasteiger charge is 2.30. The molecule has 8 aromatic carbocycles. The van der Waals surface area contributed by atoms with Gasteiger partial charge in [0.15, 0.2) is 40.0 Å². The van der Waals surface area contributed by atoms with Crippen LogP contribution in [0.1, 0.15) is 105 Å². The Bertz CT molecular complexity index is 7800. The molecule has 0 aliphatic carbocycles. The number of fused-ring (bicyclic) bond motifs is 4. The molecule has 3 saturated heterocycles. The van der Waals surface area contributed by atoms with E-state index in [-0.39, 0.29) is 42.1 Å². The SMILES string of the molecule is Cc1cc(C(=O)Cc2cccc(Oc3nc(-c4cccnc4)nc4c3cnn4C)c2)ccc1CN1CCN(C)CC1.Cc1cccc(NC(=O)c2ccc(C)c(Oc3nc(-c4ccncc4)nc4c3cnn4C)c2)c1.Cc1cccc(NC(=O)c2ccc(C)c(Oc3nc(N4CC(C)OC(C)C4)nc4c3cnn4C)c2)c1.Cc1cccc(NC(=O)c2ccc(C)c(Oc3nc(N4CCOCC4)nc4c3cnn4C)c2)c1. The van der Waals surface area contributed by atoms with Crippen molar-refractivity contribution in [2.24, 2.45) is 28.2 Å². The lowest BCUT2D eigenvalue weighted by atomic mass is 9.98. The number of ketones is 1. The van der Waals surface area contributed by atoms with E-state index in [0.717, 1.165) is 111 Å². The number of rotatable bonds is 23. The highest BCUT2D eigenvalue weighted by Crippen LogP contribution is 2.39. The lowest BCUT2D eigenvalue weighted by molar-refractivity contribution is -0.00574. The van der Waals surface area contributed by atoms with Crippen LogP contribution >= 0.6 is 0 Å². The molecule has 18 aromatic rings. The molecule has 0 bridgehead atoms. The second-order valence-corrected chi connectivity index (χ2v) is 36.4. The number of amides is 3. The van der Waals surface area contributed by atoms with Gasteiger partial charge in [-0.1, -0.05) is 78.9 Å². The molecule has 35 heteroatoms. The number of aromatic nitrogens is 18. The van der Waals surface area contributed by atoms with Gasteiger partial charge in [-0.15, -0.1) is 0 Å². The van der Waals surface area contributed by atoms with Crippen molar-refractivity contribution in [2.75, 3.05) is 98.4 Å². The van der Waals surface area contributed by atoms with Crippen LogP contribution in [0, 0.1) is 48.5 Å². The number of morpholine rings is 2. The Morgan fingerprint density at radius 1 is 0.379 bits per heavy atom. The maximum Gasteiger partial charge on any atom is 0.255 e. The van der Waals surface area contributed by atoms with Crippen molar-refractivity contribution in [3.8, 4) is 69.3 Å². The molecule has 3 fully saturated rings. The molecule has 21 rings (SSSR count). The maximum atomic E-state index is 13.3. The molecule has 736 valence electrons. The number of carbonyl (C=O) groups is 4. The summed E-state index contributed by atoms with van der Waals surface area (Å²) in [6.07, 6.45) is 14.0. The number of anilines is 5. The van der Waals surface area contributed by atoms with E-state index >= 15 is 0 Å². The number of hydrogen-bond acceptors (Lipinski definition) is 28. The number of likely N-dealkylation sites (N-methyl/N-ethyl adjacent to an activating group) is 1. The van der Waals surface area contributed by atoms with Gasteiger partial charge in [0.2, 0.25) is 35.4 Å². The van der Waals surface area contributed by atoms with E-state index in [1.807, 2.05) is 235 Å². The van der Waals surface area contributed by atoms with Gasteiger partial charge in [-0.3, -0.25) is 52.8 Å². The first kappa shape index (κ1) is 98.2. The number of nitrogens with one attached hydrogen (secondary N) is 3. The van der Waals surface area contributed by atoms with E-state index in [2.05, 4.69) is 106 Å². The monoisotopic (exact) mass is 1940 g/mol. The highest BCUT2D eigenvalue weighted by molar-refractivity contribution is 6.06. The van der Waals surface area contributed by atoms with E-state index in [9.17, 15) is 19.2 Å². The summed E-state index contributed by atoms with van der Waals surface area (Å²) < 4.78 is 43.3. The average Bonchev–Trinajstić information content (AvgIpc) is 1.67. The molecule has 0 spiro atoms. The Balaban J connectivity index is 0.000000127. The summed E-state index contributed by atoms with van der Waals surface area (Å²) in [4.78, 5) is 107. The first-order valence-electron chi connectivity index (χ1n) is 47.8. The molecule has 3 aliphatic rings. The van der Waals surface area contributed by atoms with Crippen molar-refractivity contribution in [2.45, 2.75) is 87.5 Å². The number of benzene rings is 8. The fourth-order valence-electron chi connectivity index (χ4n) is 17.0. The minimum Gasteiger partial charge on any atom is -0.438 e. The largest absolute Gasteiger partial charge is 0.438 e. The van der Waals surface area contributed by atoms with Crippen molar-refractivity contribution >= 4 is 96.6 Å². The molecular formula is C110H111N25O10. The lowest BCUT2D eigenvalue weighted by Gasteiger charge is -2.35. The van der Waals surface area contributed by atoms with Crippen LogP contribution in [-0.2, 0) is 50.6 Å². The second-order valence-electron chi connectivity index (χ2n) is 36.4. The van der Waals surface area contributed by atoms with Crippen molar-refractivity contribution in [3.05, 3.63) is 316 Å². The minimum absolute atomic E-state index is 0.0646. The molecule has 3 amide bonds. The molecule has 3 aliphatic heterocycles. The molecule has 145 heavy (non-hydrogen) atoms. The summed E-state index contributed by atoms with van der Waals surface area (Å²) in [5.41, 5.74) is 17.8. The van der Waals surface area contributed by atoms with E-state index in [0.29, 0.717) is 170 Å². The predicted molar refractivity (Wildman–Crippen MR) is 557 cm³/mol. The van der Waals surface area contributed by atoms with Gasteiger partial charge in [0.1, 0.15) is 44.5 Å². The maximum absolute atomic E-state index is 13.3. The minimum atomic E-state index is -0.220. The fourth-order valence-corrected chi connectivity index (χ4v) is 17.0. The zero-order valence-electron chi connectivity index (χ0n) is 83.2. The molecular weight excluding hydrogens is 1830 g/mol. The Morgan fingerprint density at radius 3 is 1.27 bits per heavy atom. The topological polar surface area (TPSA) is 373 Å². The van der Waals surface area contributed by atoms with E-state index < -0.39 is 0 Å². The Morgan fingerprint density at radius 2 is 0.814 bits per heavy atom. The number of hydrogen-bond donors (Lipinski definition) is 3. The molecule has 35 nitrogen and oxygen atoms in total. The lowest BCUT2D eigenvalue weighted by Crippen LogP contribution is -2.46. The number of aryl methyl sites for hydroxylation is 11. The fraction of sp³-hybridized carbons (Fsp3) is 0.255. The van der Waals surface area contributed by atoms with E-state index in [1.165, 1.54) is 5.56 Å². The molecule has 3 N–H and O–H groups in total. The van der Waals surface area contributed by atoms with Crippen LogP contribution < -0.4 is 44.7 Å². The summed E-state index contributed by atoms with van der Waals surface area (Å²) in [5.74, 6) is 5.35. The first-order chi connectivity index (χ1) is 70.1. The Kier molecular flexibility index (Phi) is 29.8. The summed E-state index contributed by atoms with van der Waals surface area (Å²) >= 11 is 0. The smallest absolute Gasteiger partial charge is 0.255 e. The number of piperazine rings is 1. The van der Waals surface area contributed by atoms with Gasteiger partial charge in [-0.25, -0.2) is 9.97 Å². The van der Waals surface area contributed by atoms with Crippen molar-refractivity contribution in [1.29, 1.82) is 0 Å². The molecule has 2 atom stereocenters. The third-order valence-corrected chi connectivity index (χ3v) is 25.0. The van der Waals surface area contributed by atoms with Gasteiger partial charge in [-0.05, 0) is 235 Å². The molecule has 2 unspecified atom stereocenters. The molecule has 0 radical (unpaired) electrons. The van der Waals surface area contributed by atoms with Crippen LogP contribution in [0.2, 0.25) is 0 Å². The van der Waals surface area contributed by atoms with Gasteiger partial charge in [0.25, 0.3) is 17.7 Å². The summed E-state index contributed by atoms with van der Waals surface area (Å²) in [7, 11) is 9.49. The van der Waals surface area contributed by atoms with Crippen molar-refractivity contribution in [3.63, 3.8) is 0 Å². The van der Waals surface area contributed by atoms with Gasteiger partial charge >= 0.3 is 0 Å². The van der Waals surface area contributed by atoms with Crippen LogP contribution in [0.3, 0.4) is 0 Å². The number of Topliss-reactive ketones (excluding diaryl/α,β-unsaturated/α-hetero) is 1. The Labute approximate surface area is 837 Å². The zero-order chi connectivity index (χ0) is 101. The van der Waals surface area contributed by atoms with Gasteiger partial charge in [-0.2, -0.15) is 50.3 Å². The standard InChI is InChI=1S/C32H33N7O2.C27H30N6O3.C26H22N6O2.C25H26N6O3/c1-22-16-24(9-10-26(22)21-39-14-12-37(2)13-15-39)29(40)18-23-6-4-8-27(17-23)41-32-28-20-34-38(3)31(28)35-30(36-32)25-7-5-11-33-19-25;1-16-7-6-8-21(11-16)29-25(34)20-10-9-17(2)23(12-20)36-26-22-13-28-32(5)24(22)30-27(31-26)33-14-18(3)35-19(4)15-33;1-16-5-4-6-20(13-16)29-25(33)19-8-7-17(2)22(14-19)34-26-21-15-28-32(3)24(21)30-23(31-26)18-9-11-27-12-10-18;1-16-5-4-6-19(13-16)27-23(32)18-8-7-17(2)21(14-18)34-24-20-15-26-30(3)22(20)28-25(29-24)31-9-11-33-12-10-31/h4-11,16-17,19-20H,12-15,18,21H2,1-3H3;6-13,18-19H,14-15H2,1-5H3,(H,29,34);4-15H,1-3H3,(H,29,33);4-8,13-15H,9-12H2,1-3H3,(H,27,32). The van der Waals surface area contributed by atoms with Crippen LogP contribution in [0.25, 0.3) is 66.9 Å². The summed E-state index contributed by atoms with van der Waals surface area (Å²) in [6, 6.07) is 60.3. The van der Waals surface area contributed by atoms with Crippen LogP contribution in [0.15, 0.2) is 244 Å². The van der Waals surface area contributed by atoms with Crippen molar-refractivity contribution in [1.82, 2.24) is 98.8 Å². The average molecular weight is 1940 g/mol. The third kappa shape index (κ3) is 23.8. The molecule has 13 heterocycles. The normalized spacial score (nSPS) is 14.3. The third-order valence-electron chi connectivity index (χ3n) is 25.0. The summed E-state index contributed by atoms with van der Waals surface area (Å²) in [5, 5.41) is 29.0. The summed E-state index contributed by atoms with van der Waals surface area (Å²) in [6.45, 7) is 27.2. The van der Waals surface area contributed by atoms with E-state index in [1.54, 1.807) is 105 Å². The van der Waals surface area contributed by atoms with E-state index in [4.69, 9.17) is 48.4 Å². The number of pyridine rings is 2. The van der Waals surface area contributed by atoms with Crippen molar-refractivity contribution < 1.29 is 47.6 Å². The Hall–Kier alpha value is -17.0. The first-order valence-corrected chi connectivity index (χ1v) is 47.8. The van der Waals surface area contributed by atoms with Gasteiger partial charge in [0.05, 0.1) is 50.2 Å². The predicted octanol–water partition coefficient (Wildman–Crippen LogP) is 18.3. The number of nitrogens with zero attached hydrogens (tertiary/aromatic N) is 22. The molecule has 10 aromatic heterocycles. The molecule has 0 saturated carbocycles. The number of ether oxygens (including phenoxy) is 6. The highest BCUT2D eigenvalue weighted by atomic mass is 16.5. The van der Waals surface area contributed by atoms with Crippen LogP contribution in [-0.4, -0.2) is 207 Å². The second kappa shape index (κ2) is 44.0. The van der Waals surface area contributed by atoms with Crippen LogP contribution in [0.5, 0.6) is 46.5 Å². The van der Waals surface area contributed by atoms with Gasteiger partial charge < -0.3 is 59.1 Å². The zero-order valence-corrected chi connectivity index (χ0v) is 83.2. The quantitative estimate of drug-likeness (QED) is 0.0501. The van der Waals surface area contributed by atoms with Gasteiger partial charge in [0, 0.05) is 169 Å².